The molecule has 0 spiro atoms. The number of aromatic nitrogens is 1. The Morgan fingerprint density at radius 2 is 1.64 bits per heavy atom. The lowest BCUT2D eigenvalue weighted by Gasteiger charge is -2.26. The first-order valence-electron chi connectivity index (χ1n) is 14.4. The van der Waals surface area contributed by atoms with Gasteiger partial charge in [0, 0.05) is 18.2 Å². The van der Waals surface area contributed by atoms with Gasteiger partial charge < -0.3 is 9.47 Å². The molecular formula is C34H34N4O5S2. The predicted octanol–water partition coefficient (Wildman–Crippen LogP) is 6.98. The van der Waals surface area contributed by atoms with Gasteiger partial charge in [0.25, 0.3) is 5.91 Å². The summed E-state index contributed by atoms with van der Waals surface area (Å²) >= 11 is 1.30. The molecule has 232 valence electrons. The Kier molecular flexibility index (Phi) is 9.92. The number of nitrogens with zero attached hydrogens (tertiary/aromatic N) is 4. The van der Waals surface area contributed by atoms with E-state index in [1.807, 2.05) is 87.5 Å². The second-order valence-corrected chi connectivity index (χ2v) is 13.2. The number of rotatable bonds is 12. The second kappa shape index (κ2) is 14.0. The van der Waals surface area contributed by atoms with Crippen molar-refractivity contribution in [2.24, 2.45) is 5.10 Å². The van der Waals surface area contributed by atoms with Crippen LogP contribution in [0.2, 0.25) is 0 Å². The second-order valence-electron chi connectivity index (χ2n) is 10.3. The molecule has 0 radical (unpaired) electrons. The molecule has 0 unspecified atom stereocenters. The zero-order valence-corrected chi connectivity index (χ0v) is 27.1. The number of carbonyl (C=O) groups excluding carboxylic acids is 1. The van der Waals surface area contributed by atoms with Gasteiger partial charge >= 0.3 is 0 Å². The monoisotopic (exact) mass is 642 g/mol. The maximum atomic E-state index is 13.9. The van der Waals surface area contributed by atoms with Crippen LogP contribution in [-0.4, -0.2) is 49.6 Å². The molecule has 11 heteroatoms. The van der Waals surface area contributed by atoms with Crippen LogP contribution in [0, 0.1) is 0 Å². The summed E-state index contributed by atoms with van der Waals surface area (Å²) in [5.74, 6) is 0.947. The van der Waals surface area contributed by atoms with E-state index in [2.05, 4.69) is 10.1 Å². The number of benzene rings is 4. The highest BCUT2D eigenvalue weighted by Crippen LogP contribution is 2.33. The van der Waals surface area contributed by atoms with E-state index < -0.39 is 15.9 Å². The van der Waals surface area contributed by atoms with Gasteiger partial charge in [0.1, 0.15) is 11.5 Å². The van der Waals surface area contributed by atoms with Gasteiger partial charge in [-0.3, -0.25) is 4.79 Å². The molecule has 1 heterocycles. The number of anilines is 1. The van der Waals surface area contributed by atoms with E-state index in [1.165, 1.54) is 44.9 Å². The molecule has 0 bridgehead atoms. The minimum atomic E-state index is -3.84. The molecule has 1 amide bonds. The highest BCUT2D eigenvalue weighted by atomic mass is 32.2. The topological polar surface area (TPSA) is 101 Å². The molecule has 0 saturated carbocycles. The van der Waals surface area contributed by atoms with Crippen LogP contribution >= 0.6 is 11.3 Å². The minimum Gasteiger partial charge on any atom is -0.497 e. The van der Waals surface area contributed by atoms with E-state index in [-0.39, 0.29) is 23.0 Å². The molecule has 5 aromatic rings. The zero-order valence-electron chi connectivity index (χ0n) is 25.5. The van der Waals surface area contributed by atoms with Crippen LogP contribution in [0.5, 0.6) is 11.5 Å². The summed E-state index contributed by atoms with van der Waals surface area (Å²) in [6, 6.07) is 27.9. The van der Waals surface area contributed by atoms with Crippen LogP contribution in [0.15, 0.2) is 107 Å². The van der Waals surface area contributed by atoms with Crippen LogP contribution in [0.4, 0.5) is 5.13 Å². The van der Waals surface area contributed by atoms with Crippen LogP contribution in [0.3, 0.4) is 0 Å². The number of ether oxygens (including phenoxy) is 2. The third kappa shape index (κ3) is 7.39. The van der Waals surface area contributed by atoms with Gasteiger partial charge in [-0.2, -0.15) is 14.4 Å². The summed E-state index contributed by atoms with van der Waals surface area (Å²) in [6.45, 7) is 6.39. The van der Waals surface area contributed by atoms with Gasteiger partial charge in [-0.05, 0) is 98.6 Å². The van der Waals surface area contributed by atoms with E-state index in [1.54, 1.807) is 19.4 Å². The number of sulfonamides is 1. The molecule has 0 aliphatic carbocycles. The first-order chi connectivity index (χ1) is 21.7. The Labute approximate surface area is 267 Å². The number of thiazole rings is 1. The fraction of sp³-hybridized carbons (Fsp3) is 0.206. The quantitative estimate of drug-likeness (QED) is 0.107. The molecular weight excluding hydrogens is 609 g/mol. The normalized spacial score (nSPS) is 11.9. The smallest absolute Gasteiger partial charge is 0.280 e. The van der Waals surface area contributed by atoms with Crippen LogP contribution in [-0.2, 0) is 16.6 Å². The largest absolute Gasteiger partial charge is 0.497 e. The standard InChI is InChI=1S/C34H34N4O5S2/c1-5-43-28-15-11-25(12-16-28)22-35-38(34-36-31-20-17-29(42-4)21-32(31)44-34)33(39)27-13-18-30(19-14-27)45(40,41)37(24(2)3)23-26-9-7-6-8-10-26/h6-22,24H,5,23H2,1-4H3/b35-22+. The molecule has 0 saturated heterocycles. The number of fused-ring (bicyclic) bond motifs is 1. The summed E-state index contributed by atoms with van der Waals surface area (Å²) < 4.78 is 40.5. The van der Waals surface area contributed by atoms with Crippen molar-refractivity contribution < 1.29 is 22.7 Å². The van der Waals surface area contributed by atoms with E-state index in [0.29, 0.717) is 23.0 Å². The minimum absolute atomic E-state index is 0.0974. The summed E-state index contributed by atoms with van der Waals surface area (Å²) in [5, 5.41) is 6.12. The molecule has 0 fully saturated rings. The van der Waals surface area contributed by atoms with Crippen molar-refractivity contribution in [2.45, 2.75) is 38.3 Å². The predicted molar refractivity (Wildman–Crippen MR) is 179 cm³/mol. The van der Waals surface area contributed by atoms with Crippen molar-refractivity contribution in [3.8, 4) is 11.5 Å². The maximum Gasteiger partial charge on any atom is 0.280 e. The van der Waals surface area contributed by atoms with Crippen LogP contribution in [0.1, 0.15) is 42.3 Å². The van der Waals surface area contributed by atoms with Crippen molar-refractivity contribution in [2.75, 3.05) is 18.7 Å². The number of amides is 1. The van der Waals surface area contributed by atoms with E-state index in [4.69, 9.17) is 9.47 Å². The highest BCUT2D eigenvalue weighted by Gasteiger charge is 2.28. The van der Waals surface area contributed by atoms with E-state index in [9.17, 15) is 13.2 Å². The molecule has 5 rings (SSSR count). The lowest BCUT2D eigenvalue weighted by Crippen LogP contribution is -2.36. The van der Waals surface area contributed by atoms with Crippen molar-refractivity contribution in [3.63, 3.8) is 0 Å². The molecule has 0 aliphatic rings. The van der Waals surface area contributed by atoms with Gasteiger partial charge in [-0.15, -0.1) is 0 Å². The Morgan fingerprint density at radius 3 is 2.29 bits per heavy atom. The first kappa shape index (κ1) is 31.8. The number of hydrazone groups is 1. The fourth-order valence-electron chi connectivity index (χ4n) is 4.58. The van der Waals surface area contributed by atoms with E-state index in [0.717, 1.165) is 21.6 Å². The molecule has 0 aliphatic heterocycles. The van der Waals surface area contributed by atoms with Gasteiger partial charge in [0.2, 0.25) is 15.2 Å². The summed E-state index contributed by atoms with van der Waals surface area (Å²) in [6.07, 6.45) is 1.57. The van der Waals surface area contributed by atoms with Crippen LogP contribution in [0.25, 0.3) is 10.2 Å². The number of hydrogen-bond acceptors (Lipinski definition) is 8. The number of hydrogen-bond donors (Lipinski definition) is 0. The third-order valence-corrected chi connectivity index (χ3v) is 9.97. The van der Waals surface area contributed by atoms with Gasteiger partial charge in [-0.1, -0.05) is 41.7 Å². The molecule has 45 heavy (non-hydrogen) atoms. The lowest BCUT2D eigenvalue weighted by molar-refractivity contribution is 0.0987. The van der Waals surface area contributed by atoms with Crippen molar-refractivity contribution in [1.29, 1.82) is 0 Å². The third-order valence-electron chi connectivity index (χ3n) is 6.94. The Bertz CT molecular complexity index is 1890. The van der Waals surface area contributed by atoms with Crippen molar-refractivity contribution >= 4 is 48.8 Å². The zero-order chi connectivity index (χ0) is 32.0. The molecule has 0 atom stereocenters. The Balaban J connectivity index is 1.46. The Hall–Kier alpha value is -4.58. The molecule has 4 aromatic carbocycles. The number of carbonyl (C=O) groups is 1. The summed E-state index contributed by atoms with van der Waals surface area (Å²) in [4.78, 5) is 18.7. The first-order valence-corrected chi connectivity index (χ1v) is 16.7. The average molecular weight is 643 g/mol. The van der Waals surface area contributed by atoms with E-state index >= 15 is 0 Å². The Morgan fingerprint density at radius 1 is 0.956 bits per heavy atom. The van der Waals surface area contributed by atoms with Crippen molar-refractivity contribution in [3.05, 3.63) is 114 Å². The molecule has 9 nitrogen and oxygen atoms in total. The fourth-order valence-corrected chi connectivity index (χ4v) is 7.15. The van der Waals surface area contributed by atoms with Crippen LogP contribution < -0.4 is 14.5 Å². The lowest BCUT2D eigenvalue weighted by atomic mass is 10.2. The average Bonchev–Trinajstić information content (AvgIpc) is 3.48. The maximum absolute atomic E-state index is 13.9. The van der Waals surface area contributed by atoms with Gasteiger partial charge in [0.05, 0.1) is 35.0 Å². The van der Waals surface area contributed by atoms with Gasteiger partial charge in [0.15, 0.2) is 0 Å². The summed E-state index contributed by atoms with van der Waals surface area (Å²) in [7, 11) is -2.26. The number of methoxy groups -OCH3 is 1. The molecule has 1 aromatic heterocycles. The summed E-state index contributed by atoms with van der Waals surface area (Å²) in [5.41, 5.74) is 2.59. The SMILES string of the molecule is CCOc1ccc(/C=N/N(C(=O)c2ccc(S(=O)(=O)N(Cc3ccccc3)C(C)C)cc2)c2nc3ccc(OC)cc3s2)cc1. The highest BCUT2D eigenvalue weighted by molar-refractivity contribution is 7.89. The van der Waals surface area contributed by atoms with Crippen molar-refractivity contribution in [1.82, 2.24) is 9.29 Å². The molecule has 0 N–H and O–H groups in total. The van der Waals surface area contributed by atoms with Gasteiger partial charge in [-0.25, -0.2) is 13.4 Å².